The summed E-state index contributed by atoms with van der Waals surface area (Å²) in [5.41, 5.74) is 6.02. The number of aliphatic hydroxyl groups is 2. The number of halogens is 2. The average molecular weight is 304 g/mol. The Hall–Kier alpha value is -1.55. The van der Waals surface area contributed by atoms with Crippen LogP contribution in [-0.2, 0) is 4.74 Å². The molecule has 3 rings (SSSR count). The molecule has 0 saturated carbocycles. The van der Waals surface area contributed by atoms with Crippen LogP contribution in [-0.4, -0.2) is 53.7 Å². The van der Waals surface area contributed by atoms with Gasteiger partial charge < -0.3 is 20.7 Å². The molecule has 1 fully saturated rings. The van der Waals surface area contributed by atoms with Crippen LogP contribution in [0.3, 0.4) is 0 Å². The number of imidazole rings is 1. The molecule has 2 aromatic heterocycles. The van der Waals surface area contributed by atoms with Crippen molar-refractivity contribution < 1.29 is 19.3 Å². The number of nitrogen functional groups attached to an aromatic ring is 1. The van der Waals surface area contributed by atoms with E-state index >= 15 is 0 Å². The van der Waals surface area contributed by atoms with Gasteiger partial charge in [-0.3, -0.25) is 0 Å². The lowest BCUT2D eigenvalue weighted by molar-refractivity contribution is -0.0242. The molecule has 2 unspecified atom stereocenters. The van der Waals surface area contributed by atoms with E-state index in [-0.39, 0.29) is 17.2 Å². The van der Waals surface area contributed by atoms with Gasteiger partial charge in [-0.2, -0.15) is 5.10 Å². The molecule has 0 aromatic carbocycles. The van der Waals surface area contributed by atoms with E-state index < -0.39 is 30.0 Å². The zero-order chi connectivity index (χ0) is 14.5. The quantitative estimate of drug-likeness (QED) is 0.634. The van der Waals surface area contributed by atoms with Crippen LogP contribution >= 0.6 is 11.6 Å². The molecule has 10 heteroatoms. The zero-order valence-electron chi connectivity index (χ0n) is 10.0. The minimum absolute atomic E-state index is 0.113. The summed E-state index contributed by atoms with van der Waals surface area (Å²) in [4.78, 5) is 7.72. The van der Waals surface area contributed by atoms with Gasteiger partial charge in [-0.05, 0) is 0 Å². The smallest absolute Gasteiger partial charge is 0.243 e. The first-order valence-corrected chi connectivity index (χ1v) is 6.11. The molecule has 0 amide bonds. The minimum Gasteiger partial charge on any atom is -0.394 e. The fourth-order valence-electron chi connectivity index (χ4n) is 2.18. The Balaban J connectivity index is 2.10. The maximum Gasteiger partial charge on any atom is 0.243 e. The monoisotopic (exact) mass is 303 g/mol. The average Bonchev–Trinajstić information content (AvgIpc) is 2.92. The van der Waals surface area contributed by atoms with Gasteiger partial charge >= 0.3 is 0 Å². The summed E-state index contributed by atoms with van der Waals surface area (Å²) in [5, 5.41) is 20.1. The molecule has 0 aliphatic carbocycles. The van der Waals surface area contributed by atoms with E-state index in [2.05, 4.69) is 15.1 Å². The summed E-state index contributed by atoms with van der Waals surface area (Å²) in [7, 11) is 0. The number of rotatable bonds is 2. The topological polar surface area (TPSA) is 119 Å². The molecule has 20 heavy (non-hydrogen) atoms. The molecular formula is C10H11ClFN5O3. The van der Waals surface area contributed by atoms with Crippen LogP contribution in [0.25, 0.3) is 5.65 Å². The van der Waals surface area contributed by atoms with Crippen LogP contribution in [0, 0.1) is 0 Å². The molecule has 108 valence electrons. The van der Waals surface area contributed by atoms with E-state index in [9.17, 15) is 9.50 Å². The third-order valence-corrected chi connectivity index (χ3v) is 3.63. The molecule has 8 nitrogen and oxygen atoms in total. The van der Waals surface area contributed by atoms with Crippen LogP contribution in [0.4, 0.5) is 10.2 Å². The Morgan fingerprint density at radius 1 is 1.55 bits per heavy atom. The number of hydrogen-bond acceptors (Lipinski definition) is 7. The standard InChI is InChI=1S/C10H11ClFN5O3/c11-10(12)6(19)5(2-18)20-7(10)4-1-14-9-8(13)15-3-16-17(4)9/h1,3,5-7,18-19H,2H2,(H2,13,15,16)/t5-,6?,7+,10?/m1/s1. The van der Waals surface area contributed by atoms with Gasteiger partial charge in [0.05, 0.1) is 18.5 Å². The highest BCUT2D eigenvalue weighted by atomic mass is 35.5. The first-order chi connectivity index (χ1) is 9.46. The van der Waals surface area contributed by atoms with Crippen molar-refractivity contribution >= 4 is 23.1 Å². The second-order valence-corrected chi connectivity index (χ2v) is 5.00. The van der Waals surface area contributed by atoms with Gasteiger partial charge in [0.2, 0.25) is 5.13 Å². The highest BCUT2D eigenvalue weighted by molar-refractivity contribution is 6.24. The predicted octanol–water partition coefficient (Wildman–Crippen LogP) is -0.596. The molecule has 3 heterocycles. The van der Waals surface area contributed by atoms with Crippen LogP contribution < -0.4 is 5.73 Å². The van der Waals surface area contributed by atoms with Crippen molar-refractivity contribution in [1.29, 1.82) is 0 Å². The van der Waals surface area contributed by atoms with Crippen LogP contribution in [0.15, 0.2) is 12.5 Å². The Labute approximate surface area is 117 Å². The predicted molar refractivity (Wildman–Crippen MR) is 65.6 cm³/mol. The molecule has 2 aromatic rings. The van der Waals surface area contributed by atoms with E-state index in [1.54, 1.807) is 0 Å². The van der Waals surface area contributed by atoms with E-state index in [1.807, 2.05) is 0 Å². The van der Waals surface area contributed by atoms with E-state index in [0.29, 0.717) is 0 Å². The van der Waals surface area contributed by atoms with Gasteiger partial charge in [-0.1, -0.05) is 11.6 Å². The Morgan fingerprint density at radius 2 is 2.30 bits per heavy atom. The molecular weight excluding hydrogens is 293 g/mol. The molecule has 4 N–H and O–H groups in total. The molecule has 0 radical (unpaired) electrons. The number of fused-ring (bicyclic) bond motifs is 1. The third kappa shape index (κ3) is 1.74. The van der Waals surface area contributed by atoms with Crippen molar-refractivity contribution in [2.24, 2.45) is 0 Å². The van der Waals surface area contributed by atoms with Crippen molar-refractivity contribution in [3.05, 3.63) is 18.2 Å². The summed E-state index contributed by atoms with van der Waals surface area (Å²) >= 11 is 5.72. The molecule has 0 bridgehead atoms. The van der Waals surface area contributed by atoms with E-state index in [0.717, 1.165) is 0 Å². The number of aliphatic hydroxyl groups excluding tert-OH is 2. The number of ether oxygens (including phenoxy) is 1. The van der Waals surface area contributed by atoms with E-state index in [1.165, 1.54) is 17.0 Å². The van der Waals surface area contributed by atoms with Crippen LogP contribution in [0.5, 0.6) is 0 Å². The molecule has 1 aliphatic rings. The fraction of sp³-hybridized carbons (Fsp3) is 0.500. The van der Waals surface area contributed by atoms with Gasteiger partial charge in [0, 0.05) is 0 Å². The number of nitrogens with two attached hydrogens (primary N) is 1. The number of alkyl halides is 2. The molecule has 4 atom stereocenters. The Morgan fingerprint density at radius 3 is 2.95 bits per heavy atom. The summed E-state index contributed by atoms with van der Waals surface area (Å²) in [6.45, 7) is -0.566. The summed E-state index contributed by atoms with van der Waals surface area (Å²) in [6, 6.07) is 0. The Bertz CT molecular complexity index is 651. The first-order valence-electron chi connectivity index (χ1n) is 5.73. The second kappa shape index (κ2) is 4.48. The fourth-order valence-corrected chi connectivity index (χ4v) is 2.49. The van der Waals surface area contributed by atoms with Crippen molar-refractivity contribution in [1.82, 2.24) is 19.6 Å². The van der Waals surface area contributed by atoms with Crippen molar-refractivity contribution in [2.75, 3.05) is 12.3 Å². The highest BCUT2D eigenvalue weighted by Gasteiger charge is 2.57. The van der Waals surface area contributed by atoms with Crippen molar-refractivity contribution in [2.45, 2.75) is 23.4 Å². The molecule has 1 aliphatic heterocycles. The van der Waals surface area contributed by atoms with Gasteiger partial charge in [-0.25, -0.2) is 18.9 Å². The van der Waals surface area contributed by atoms with Crippen molar-refractivity contribution in [3.63, 3.8) is 0 Å². The number of anilines is 1. The number of hydrogen-bond donors (Lipinski definition) is 3. The largest absolute Gasteiger partial charge is 0.394 e. The van der Waals surface area contributed by atoms with Gasteiger partial charge in [0.1, 0.15) is 18.5 Å². The summed E-state index contributed by atoms with van der Waals surface area (Å²) < 4.78 is 21.0. The second-order valence-electron chi connectivity index (χ2n) is 4.42. The third-order valence-electron chi connectivity index (χ3n) is 3.21. The van der Waals surface area contributed by atoms with Gasteiger partial charge in [-0.15, -0.1) is 0 Å². The maximum atomic E-state index is 14.5. The minimum atomic E-state index is -2.61. The lowest BCUT2D eigenvalue weighted by Crippen LogP contribution is -2.37. The highest BCUT2D eigenvalue weighted by Crippen LogP contribution is 2.47. The maximum absolute atomic E-state index is 14.5. The summed E-state index contributed by atoms with van der Waals surface area (Å²) in [5.74, 6) is 0.113. The zero-order valence-corrected chi connectivity index (χ0v) is 10.8. The van der Waals surface area contributed by atoms with Crippen molar-refractivity contribution in [3.8, 4) is 0 Å². The molecule has 1 saturated heterocycles. The Kier molecular flexibility index (Phi) is 3.01. The normalized spacial score (nSPS) is 33.9. The number of nitrogens with zero attached hydrogens (tertiary/aromatic N) is 4. The van der Waals surface area contributed by atoms with E-state index in [4.69, 9.17) is 27.2 Å². The lowest BCUT2D eigenvalue weighted by Gasteiger charge is -2.20. The van der Waals surface area contributed by atoms with Crippen LogP contribution in [0.2, 0.25) is 0 Å². The summed E-state index contributed by atoms with van der Waals surface area (Å²) in [6.07, 6.45) is -1.69. The van der Waals surface area contributed by atoms with Gasteiger partial charge in [0.15, 0.2) is 17.6 Å². The SMILES string of the molecule is Nc1ncnn2c([C@@H]3O[C@H](CO)C(O)C3(F)Cl)cnc12. The number of aromatic nitrogens is 4. The molecule has 0 spiro atoms. The lowest BCUT2D eigenvalue weighted by atomic mass is 10.1. The van der Waals surface area contributed by atoms with Gasteiger partial charge in [0.25, 0.3) is 0 Å². The first kappa shape index (κ1) is 13.4. The van der Waals surface area contributed by atoms with Crippen LogP contribution in [0.1, 0.15) is 11.8 Å².